The van der Waals surface area contributed by atoms with Crippen LogP contribution in [0.15, 0.2) is 52.4 Å². The Kier molecular flexibility index (Phi) is 6.64. The van der Waals surface area contributed by atoms with Gasteiger partial charge in [0.25, 0.3) is 0 Å². The minimum Gasteiger partial charge on any atom is -0.292 e. The van der Waals surface area contributed by atoms with Crippen molar-refractivity contribution < 1.29 is 23.7 Å². The summed E-state index contributed by atoms with van der Waals surface area (Å²) in [6.45, 7) is -0.204. The fourth-order valence-electron chi connectivity index (χ4n) is 2.80. The molecule has 0 saturated carbocycles. The third-order valence-corrected chi connectivity index (χ3v) is 5.65. The molecule has 0 unspecified atom stereocenters. The predicted molar refractivity (Wildman–Crippen MR) is 107 cm³/mol. The molecule has 0 aliphatic rings. The zero-order chi connectivity index (χ0) is 21.0. The van der Waals surface area contributed by atoms with Crippen molar-refractivity contribution in [2.24, 2.45) is 0 Å². The van der Waals surface area contributed by atoms with E-state index in [0.29, 0.717) is 26.6 Å². The number of benzene rings is 2. The number of Topliss-reactive ketones (excluding diaryl/α,β-unsaturated/α-hetero) is 1. The summed E-state index contributed by atoms with van der Waals surface area (Å²) in [5.41, 5.74) is 1.00. The highest BCUT2D eigenvalue weighted by Crippen LogP contribution is 2.40. The molecule has 0 radical (unpaired) electrons. The van der Waals surface area contributed by atoms with Crippen LogP contribution in [-0.4, -0.2) is 32.5 Å². The number of carbonyl (C=O) groups is 1. The standard InChI is InChI=1S/C19H14BrF2N3O3S/c20-17-11-24-18(29-19(21,22)16(26)6-3-9-28-27)25(17)15-8-7-12(10-23)13-4-1-2-5-14(13)15/h1-2,4-5,7-8,11,27H,3,6,9H2. The number of aromatic nitrogens is 2. The smallest absolute Gasteiger partial charge is 0.292 e. The van der Waals surface area contributed by atoms with Crippen molar-refractivity contribution in [3.8, 4) is 11.8 Å². The summed E-state index contributed by atoms with van der Waals surface area (Å²) in [5, 5.41) is 15.2. The van der Waals surface area contributed by atoms with Gasteiger partial charge >= 0.3 is 5.25 Å². The van der Waals surface area contributed by atoms with Gasteiger partial charge in [-0.2, -0.15) is 14.0 Å². The van der Waals surface area contributed by atoms with Crippen molar-refractivity contribution in [2.45, 2.75) is 23.3 Å². The fourth-order valence-corrected chi connectivity index (χ4v) is 4.21. The van der Waals surface area contributed by atoms with Crippen LogP contribution in [0.5, 0.6) is 0 Å². The molecule has 0 fully saturated rings. The van der Waals surface area contributed by atoms with E-state index in [1.54, 1.807) is 36.4 Å². The molecular weight excluding hydrogens is 468 g/mol. The minimum atomic E-state index is -3.71. The molecule has 1 aromatic heterocycles. The summed E-state index contributed by atoms with van der Waals surface area (Å²) >= 11 is 3.36. The van der Waals surface area contributed by atoms with Crippen molar-refractivity contribution in [3.05, 3.63) is 52.8 Å². The van der Waals surface area contributed by atoms with Gasteiger partial charge in [0.05, 0.1) is 30.1 Å². The largest absolute Gasteiger partial charge is 0.358 e. The Morgan fingerprint density at radius 2 is 2.03 bits per heavy atom. The monoisotopic (exact) mass is 481 g/mol. The van der Waals surface area contributed by atoms with E-state index in [4.69, 9.17) is 5.26 Å². The highest BCUT2D eigenvalue weighted by Gasteiger charge is 2.41. The van der Waals surface area contributed by atoms with E-state index in [9.17, 15) is 18.8 Å². The lowest BCUT2D eigenvalue weighted by molar-refractivity contribution is -0.242. The van der Waals surface area contributed by atoms with Gasteiger partial charge in [-0.1, -0.05) is 24.3 Å². The molecule has 6 nitrogen and oxygen atoms in total. The van der Waals surface area contributed by atoms with E-state index in [1.165, 1.54) is 10.8 Å². The first kappa shape index (κ1) is 21.4. The van der Waals surface area contributed by atoms with Gasteiger partial charge in [0, 0.05) is 17.2 Å². The second-order valence-electron chi connectivity index (χ2n) is 5.97. The number of imidazole rings is 1. The molecule has 1 heterocycles. The summed E-state index contributed by atoms with van der Waals surface area (Å²) in [7, 11) is 0. The maximum absolute atomic E-state index is 14.5. The SMILES string of the molecule is N#Cc1ccc(-n2c(Br)cnc2SC(F)(F)C(=O)CCCOO)c2ccccc12. The van der Waals surface area contributed by atoms with Crippen molar-refractivity contribution in [1.29, 1.82) is 5.26 Å². The van der Waals surface area contributed by atoms with E-state index in [0.717, 1.165) is 0 Å². The Hall–Kier alpha value is -2.32. The van der Waals surface area contributed by atoms with Crippen LogP contribution in [0.3, 0.4) is 0 Å². The van der Waals surface area contributed by atoms with Gasteiger partial charge in [-0.15, -0.1) is 0 Å². The molecule has 29 heavy (non-hydrogen) atoms. The second-order valence-corrected chi connectivity index (χ2v) is 7.86. The van der Waals surface area contributed by atoms with Crippen LogP contribution in [0.2, 0.25) is 0 Å². The van der Waals surface area contributed by atoms with Crippen molar-refractivity contribution >= 4 is 44.2 Å². The number of rotatable bonds is 8. The third-order valence-electron chi connectivity index (χ3n) is 4.13. The first-order valence-electron chi connectivity index (χ1n) is 8.41. The van der Waals surface area contributed by atoms with Crippen LogP contribution in [0.4, 0.5) is 8.78 Å². The normalized spacial score (nSPS) is 11.6. The van der Waals surface area contributed by atoms with E-state index < -0.39 is 17.5 Å². The summed E-state index contributed by atoms with van der Waals surface area (Å²) in [5.74, 6) is -1.28. The molecule has 2 aromatic carbocycles. The Balaban J connectivity index is 2.01. The number of hydrogen-bond acceptors (Lipinski definition) is 6. The van der Waals surface area contributed by atoms with E-state index >= 15 is 0 Å². The van der Waals surface area contributed by atoms with Gasteiger partial charge in [-0.05, 0) is 46.2 Å². The Morgan fingerprint density at radius 3 is 2.72 bits per heavy atom. The number of carbonyl (C=O) groups excluding carboxylic acids is 1. The molecule has 0 amide bonds. The van der Waals surface area contributed by atoms with Crippen LogP contribution in [0, 0.1) is 11.3 Å². The molecule has 10 heteroatoms. The zero-order valence-corrected chi connectivity index (χ0v) is 17.2. The third kappa shape index (κ3) is 4.48. The maximum Gasteiger partial charge on any atom is 0.358 e. The van der Waals surface area contributed by atoms with Gasteiger partial charge in [-0.3, -0.25) is 14.6 Å². The molecule has 0 bridgehead atoms. The molecule has 0 aliphatic heterocycles. The molecular formula is C19H14BrF2N3O3S. The molecule has 0 spiro atoms. The molecule has 0 aliphatic carbocycles. The number of nitriles is 1. The van der Waals surface area contributed by atoms with Gasteiger partial charge in [0.1, 0.15) is 4.60 Å². The Labute approximate surface area is 177 Å². The maximum atomic E-state index is 14.5. The number of fused-ring (bicyclic) bond motifs is 1. The van der Waals surface area contributed by atoms with Gasteiger partial charge < -0.3 is 0 Å². The second kappa shape index (κ2) is 9.00. The van der Waals surface area contributed by atoms with Crippen LogP contribution in [0.1, 0.15) is 18.4 Å². The van der Waals surface area contributed by atoms with E-state index in [1.807, 2.05) is 0 Å². The number of hydrogen-bond donors (Lipinski definition) is 1. The fraction of sp³-hybridized carbons (Fsp3) is 0.211. The summed E-state index contributed by atoms with van der Waals surface area (Å²) in [4.78, 5) is 19.7. The first-order valence-corrected chi connectivity index (χ1v) is 10.0. The topological polar surface area (TPSA) is 88.1 Å². The lowest BCUT2D eigenvalue weighted by Gasteiger charge is -2.17. The predicted octanol–water partition coefficient (Wildman–Crippen LogP) is 5.18. The van der Waals surface area contributed by atoms with Crippen LogP contribution >= 0.6 is 27.7 Å². The molecule has 3 rings (SSSR count). The minimum absolute atomic E-state index is 0.0239. The van der Waals surface area contributed by atoms with Gasteiger partial charge in [0.15, 0.2) is 5.16 Å². The van der Waals surface area contributed by atoms with Crippen LogP contribution < -0.4 is 0 Å². The van der Waals surface area contributed by atoms with E-state index in [-0.39, 0.29) is 29.9 Å². The van der Waals surface area contributed by atoms with E-state index in [2.05, 4.69) is 31.9 Å². The van der Waals surface area contributed by atoms with Gasteiger partial charge in [-0.25, -0.2) is 9.87 Å². The van der Waals surface area contributed by atoms with Crippen LogP contribution in [0.25, 0.3) is 16.5 Å². The van der Waals surface area contributed by atoms with Crippen molar-refractivity contribution in [2.75, 3.05) is 6.61 Å². The Bertz CT molecular complexity index is 1100. The quantitative estimate of drug-likeness (QED) is 0.206. The number of nitrogens with zero attached hydrogens (tertiary/aromatic N) is 3. The number of halogens is 3. The van der Waals surface area contributed by atoms with Crippen molar-refractivity contribution in [3.63, 3.8) is 0 Å². The number of alkyl halides is 2. The average molecular weight is 482 g/mol. The molecule has 150 valence electrons. The summed E-state index contributed by atoms with van der Waals surface area (Å²) in [6, 6.07) is 12.5. The average Bonchev–Trinajstić information content (AvgIpc) is 3.06. The molecule has 1 N–H and O–H groups in total. The van der Waals surface area contributed by atoms with Crippen LogP contribution in [-0.2, 0) is 9.68 Å². The Morgan fingerprint density at radius 1 is 1.31 bits per heavy atom. The van der Waals surface area contributed by atoms with Crippen molar-refractivity contribution in [1.82, 2.24) is 9.55 Å². The summed E-state index contributed by atoms with van der Waals surface area (Å²) in [6.07, 6.45) is 0.904. The highest BCUT2D eigenvalue weighted by molar-refractivity contribution is 9.10. The van der Waals surface area contributed by atoms with Gasteiger partial charge in [0.2, 0.25) is 5.78 Å². The highest BCUT2D eigenvalue weighted by atomic mass is 79.9. The zero-order valence-electron chi connectivity index (χ0n) is 14.8. The number of thioether (sulfide) groups is 1. The lowest BCUT2D eigenvalue weighted by Crippen LogP contribution is -2.25. The molecule has 0 saturated heterocycles. The summed E-state index contributed by atoms with van der Waals surface area (Å²) < 4.78 is 30.8. The lowest BCUT2D eigenvalue weighted by atomic mass is 10.0. The molecule has 3 aromatic rings. The number of ketones is 1. The molecule has 0 atom stereocenters. The first-order chi connectivity index (χ1) is 13.9.